The van der Waals surface area contributed by atoms with E-state index < -0.39 is 0 Å². The van der Waals surface area contributed by atoms with Gasteiger partial charge in [0.1, 0.15) is 0 Å². The molecule has 0 aliphatic carbocycles. The van der Waals surface area contributed by atoms with E-state index in [1.54, 1.807) is 0 Å². The zero-order chi connectivity index (χ0) is 12.5. The van der Waals surface area contributed by atoms with Crippen molar-refractivity contribution in [3.8, 4) is 0 Å². The highest BCUT2D eigenvalue weighted by atomic mass is 16.2. The Hall–Kier alpha value is -1.06. The number of rotatable bonds is 8. The number of carbonyl (C=O) groups is 2. The number of hydrogen-bond acceptors (Lipinski definition) is 2. The summed E-state index contributed by atoms with van der Waals surface area (Å²) in [6.45, 7) is 3.34. The maximum atomic E-state index is 11.7. The summed E-state index contributed by atoms with van der Waals surface area (Å²) in [5.41, 5.74) is 0. The third-order valence-corrected chi connectivity index (χ3v) is 3.15. The summed E-state index contributed by atoms with van der Waals surface area (Å²) in [6, 6.07) is -0.224. The number of hydrogen-bond donors (Lipinski definition) is 1. The summed E-state index contributed by atoms with van der Waals surface area (Å²) in [5, 5.41) is 2.64. The lowest BCUT2D eigenvalue weighted by atomic mass is 10.1. The number of imide groups is 1. The van der Waals surface area contributed by atoms with Crippen molar-refractivity contribution in [1.29, 1.82) is 0 Å². The van der Waals surface area contributed by atoms with Gasteiger partial charge in [0.15, 0.2) is 0 Å². The Morgan fingerprint density at radius 3 is 2.41 bits per heavy atom. The molecule has 4 heteroatoms. The molecule has 4 nitrogen and oxygen atoms in total. The standard InChI is InChI=1S/C13H24N2O2/c1-2-3-4-5-6-7-8-9-12(16)15-11-10-14-13(15)17/h2-11H2,1H3,(H,14,17). The first-order valence-corrected chi connectivity index (χ1v) is 6.84. The zero-order valence-corrected chi connectivity index (χ0v) is 10.8. The Bertz CT molecular complexity index is 254. The van der Waals surface area contributed by atoms with E-state index in [1.807, 2.05) is 0 Å². The predicted octanol–water partition coefficient (Wildman–Crippen LogP) is 2.68. The molecular weight excluding hydrogens is 216 g/mol. The van der Waals surface area contributed by atoms with E-state index in [-0.39, 0.29) is 11.9 Å². The van der Waals surface area contributed by atoms with E-state index in [9.17, 15) is 9.59 Å². The van der Waals surface area contributed by atoms with Gasteiger partial charge in [-0.1, -0.05) is 45.4 Å². The molecule has 98 valence electrons. The van der Waals surface area contributed by atoms with Crippen LogP contribution in [0, 0.1) is 0 Å². The molecule has 17 heavy (non-hydrogen) atoms. The van der Waals surface area contributed by atoms with Gasteiger partial charge < -0.3 is 5.32 Å². The zero-order valence-electron chi connectivity index (χ0n) is 10.8. The van der Waals surface area contributed by atoms with Crippen LogP contribution >= 0.6 is 0 Å². The quantitative estimate of drug-likeness (QED) is 0.663. The second kappa shape index (κ2) is 8.09. The number of unbranched alkanes of at least 4 members (excludes halogenated alkanes) is 6. The highest BCUT2D eigenvalue weighted by Crippen LogP contribution is 2.10. The Kier molecular flexibility index (Phi) is 6.67. The van der Waals surface area contributed by atoms with Crippen molar-refractivity contribution in [3.05, 3.63) is 0 Å². The molecule has 0 aromatic carbocycles. The molecular formula is C13H24N2O2. The Labute approximate surface area is 104 Å². The van der Waals surface area contributed by atoms with Crippen LogP contribution in [0.1, 0.15) is 58.3 Å². The van der Waals surface area contributed by atoms with Gasteiger partial charge in [-0.25, -0.2) is 4.79 Å². The summed E-state index contributed by atoms with van der Waals surface area (Å²) < 4.78 is 0. The van der Waals surface area contributed by atoms with Gasteiger partial charge in [0.05, 0.1) is 0 Å². The SMILES string of the molecule is CCCCCCCCCC(=O)N1CCNC1=O. The van der Waals surface area contributed by atoms with Crippen molar-refractivity contribution in [1.82, 2.24) is 10.2 Å². The predicted molar refractivity (Wildman–Crippen MR) is 67.7 cm³/mol. The molecule has 0 bridgehead atoms. The molecule has 0 saturated carbocycles. The minimum atomic E-state index is -0.224. The Balaban J connectivity index is 1.99. The number of nitrogens with one attached hydrogen (secondary N) is 1. The highest BCUT2D eigenvalue weighted by molar-refractivity contribution is 5.95. The Morgan fingerprint density at radius 2 is 1.82 bits per heavy atom. The minimum absolute atomic E-state index is 0.0199. The molecule has 1 aliphatic heterocycles. The number of carbonyl (C=O) groups excluding carboxylic acids is 2. The normalized spacial score (nSPS) is 15.1. The number of amides is 3. The summed E-state index contributed by atoms with van der Waals surface area (Å²) in [5.74, 6) is -0.0199. The molecule has 0 unspecified atom stereocenters. The topological polar surface area (TPSA) is 49.4 Å². The van der Waals surface area contributed by atoms with Gasteiger partial charge in [-0.2, -0.15) is 0 Å². The van der Waals surface area contributed by atoms with Gasteiger partial charge in [-0.05, 0) is 6.42 Å². The largest absolute Gasteiger partial charge is 0.336 e. The second-order valence-electron chi connectivity index (χ2n) is 4.65. The molecule has 0 aromatic rings. The van der Waals surface area contributed by atoms with Crippen molar-refractivity contribution in [2.24, 2.45) is 0 Å². The van der Waals surface area contributed by atoms with Gasteiger partial charge in [0, 0.05) is 19.5 Å². The minimum Gasteiger partial charge on any atom is -0.336 e. The van der Waals surface area contributed by atoms with Gasteiger partial charge in [-0.3, -0.25) is 9.69 Å². The van der Waals surface area contributed by atoms with Crippen molar-refractivity contribution < 1.29 is 9.59 Å². The fraction of sp³-hybridized carbons (Fsp3) is 0.846. The van der Waals surface area contributed by atoms with E-state index in [2.05, 4.69) is 12.2 Å². The maximum Gasteiger partial charge on any atom is 0.324 e. The Morgan fingerprint density at radius 1 is 1.18 bits per heavy atom. The van der Waals surface area contributed by atoms with Gasteiger partial charge in [-0.15, -0.1) is 0 Å². The first-order valence-electron chi connectivity index (χ1n) is 6.84. The fourth-order valence-electron chi connectivity index (χ4n) is 2.08. The molecule has 1 fully saturated rings. The van der Waals surface area contributed by atoms with Crippen molar-refractivity contribution in [2.45, 2.75) is 58.3 Å². The molecule has 1 heterocycles. The van der Waals surface area contributed by atoms with Crippen LogP contribution in [-0.2, 0) is 4.79 Å². The number of nitrogens with zero attached hydrogens (tertiary/aromatic N) is 1. The van der Waals surface area contributed by atoms with Crippen LogP contribution < -0.4 is 5.32 Å². The fourth-order valence-corrected chi connectivity index (χ4v) is 2.08. The van der Waals surface area contributed by atoms with Crippen LogP contribution in [0.5, 0.6) is 0 Å². The van der Waals surface area contributed by atoms with E-state index >= 15 is 0 Å². The van der Waals surface area contributed by atoms with Crippen molar-refractivity contribution in [2.75, 3.05) is 13.1 Å². The van der Waals surface area contributed by atoms with E-state index in [0.29, 0.717) is 19.5 Å². The molecule has 0 spiro atoms. The number of urea groups is 1. The lowest BCUT2D eigenvalue weighted by molar-refractivity contribution is -0.127. The molecule has 1 N–H and O–H groups in total. The lowest BCUT2D eigenvalue weighted by Gasteiger charge is -2.11. The summed E-state index contributed by atoms with van der Waals surface area (Å²) in [7, 11) is 0. The van der Waals surface area contributed by atoms with E-state index in [4.69, 9.17) is 0 Å². The lowest BCUT2D eigenvalue weighted by Crippen LogP contribution is -2.33. The molecule has 1 aliphatic rings. The van der Waals surface area contributed by atoms with Crippen molar-refractivity contribution in [3.63, 3.8) is 0 Å². The van der Waals surface area contributed by atoms with Crippen LogP contribution in [0.3, 0.4) is 0 Å². The summed E-state index contributed by atoms with van der Waals surface area (Å²) >= 11 is 0. The highest BCUT2D eigenvalue weighted by Gasteiger charge is 2.25. The smallest absolute Gasteiger partial charge is 0.324 e. The summed E-state index contributed by atoms with van der Waals surface area (Å²) in [6.07, 6.45) is 8.89. The molecule has 0 atom stereocenters. The van der Waals surface area contributed by atoms with Crippen LogP contribution in [0.4, 0.5) is 4.79 Å². The van der Waals surface area contributed by atoms with E-state index in [1.165, 1.54) is 37.0 Å². The van der Waals surface area contributed by atoms with Crippen LogP contribution in [0.15, 0.2) is 0 Å². The van der Waals surface area contributed by atoms with Gasteiger partial charge in [0.2, 0.25) is 5.91 Å². The first kappa shape index (κ1) is 14.0. The summed E-state index contributed by atoms with van der Waals surface area (Å²) in [4.78, 5) is 24.2. The van der Waals surface area contributed by atoms with Crippen LogP contribution in [0.25, 0.3) is 0 Å². The average Bonchev–Trinajstić information content (AvgIpc) is 2.74. The van der Waals surface area contributed by atoms with Crippen molar-refractivity contribution >= 4 is 11.9 Å². The third kappa shape index (κ3) is 5.20. The molecule has 0 aromatic heterocycles. The van der Waals surface area contributed by atoms with Gasteiger partial charge >= 0.3 is 6.03 Å². The monoisotopic (exact) mass is 240 g/mol. The molecule has 1 rings (SSSR count). The van der Waals surface area contributed by atoms with Crippen LogP contribution in [-0.4, -0.2) is 29.9 Å². The van der Waals surface area contributed by atoms with Crippen LogP contribution in [0.2, 0.25) is 0 Å². The molecule has 0 radical (unpaired) electrons. The second-order valence-corrected chi connectivity index (χ2v) is 4.65. The average molecular weight is 240 g/mol. The van der Waals surface area contributed by atoms with Gasteiger partial charge in [0.25, 0.3) is 0 Å². The molecule has 1 saturated heterocycles. The molecule has 3 amide bonds. The third-order valence-electron chi connectivity index (χ3n) is 3.15. The van der Waals surface area contributed by atoms with E-state index in [0.717, 1.165) is 12.8 Å². The maximum absolute atomic E-state index is 11.7. The first-order chi connectivity index (χ1) is 8.25.